The van der Waals surface area contributed by atoms with E-state index in [1.54, 1.807) is 0 Å². The van der Waals surface area contributed by atoms with Gasteiger partial charge in [0.25, 0.3) is 0 Å². The Kier molecular flexibility index (Phi) is 2.07. The van der Waals surface area contributed by atoms with Crippen molar-refractivity contribution < 1.29 is 4.74 Å². The largest absolute Gasteiger partial charge is 0.453 e. The van der Waals surface area contributed by atoms with Crippen molar-refractivity contribution in [3.8, 4) is 5.75 Å². The van der Waals surface area contributed by atoms with Gasteiger partial charge in [0.05, 0.1) is 11.4 Å². The fourth-order valence-electron chi connectivity index (χ4n) is 1.92. The lowest BCUT2D eigenvalue weighted by Crippen LogP contribution is -2.14. The number of para-hydroxylation sites is 2. The molecule has 0 spiro atoms. The third-order valence-electron chi connectivity index (χ3n) is 2.73. The fraction of sp³-hybridized carbons (Fsp3) is 0.143. The second-order valence-electron chi connectivity index (χ2n) is 4.08. The molecule has 1 aromatic rings. The van der Waals surface area contributed by atoms with E-state index < -0.39 is 0 Å². The van der Waals surface area contributed by atoms with Crippen LogP contribution in [-0.2, 0) is 0 Å². The molecule has 0 radical (unpaired) electrons. The van der Waals surface area contributed by atoms with Gasteiger partial charge in [0.2, 0.25) is 0 Å². The summed E-state index contributed by atoms with van der Waals surface area (Å²) in [5, 5.41) is 3.40. The minimum absolute atomic E-state index is 0.421. The molecule has 0 saturated heterocycles. The number of ether oxygens (including phenoxy) is 1. The van der Waals surface area contributed by atoms with E-state index in [1.165, 1.54) is 0 Å². The molecular weight excluding hydrogens is 198 g/mol. The highest BCUT2D eigenvalue weighted by Gasteiger charge is 2.19. The smallest absolute Gasteiger partial charge is 0.150 e. The molecule has 1 unspecified atom stereocenters. The van der Waals surface area contributed by atoms with Crippen LogP contribution in [0.5, 0.6) is 5.75 Å². The van der Waals surface area contributed by atoms with Gasteiger partial charge >= 0.3 is 0 Å². The third kappa shape index (κ3) is 1.52. The Hall–Kier alpha value is -1.96. The first-order chi connectivity index (χ1) is 7.83. The van der Waals surface area contributed by atoms with Crippen LogP contribution in [0.4, 0.5) is 5.69 Å². The SMILES string of the molecule is CC1C=CC=C2Oc3ccccc3NC2=C1. The molecule has 16 heavy (non-hydrogen) atoms. The van der Waals surface area contributed by atoms with Gasteiger partial charge in [-0.3, -0.25) is 0 Å². The monoisotopic (exact) mass is 211 g/mol. The van der Waals surface area contributed by atoms with Crippen molar-refractivity contribution in [2.24, 2.45) is 5.92 Å². The van der Waals surface area contributed by atoms with E-state index in [0.29, 0.717) is 5.92 Å². The highest BCUT2D eigenvalue weighted by Crippen LogP contribution is 2.35. The lowest BCUT2D eigenvalue weighted by atomic mass is 10.1. The maximum atomic E-state index is 5.84. The van der Waals surface area contributed by atoms with Crippen LogP contribution in [0, 0.1) is 5.92 Å². The Balaban J connectivity index is 2.06. The van der Waals surface area contributed by atoms with Crippen molar-refractivity contribution >= 4 is 5.69 Å². The van der Waals surface area contributed by atoms with E-state index in [4.69, 9.17) is 4.74 Å². The summed E-state index contributed by atoms with van der Waals surface area (Å²) < 4.78 is 5.84. The van der Waals surface area contributed by atoms with Crippen molar-refractivity contribution in [1.29, 1.82) is 0 Å². The summed E-state index contributed by atoms with van der Waals surface area (Å²) in [4.78, 5) is 0. The molecule has 0 saturated carbocycles. The summed E-state index contributed by atoms with van der Waals surface area (Å²) in [5.41, 5.74) is 2.08. The van der Waals surface area contributed by atoms with Gasteiger partial charge in [0.1, 0.15) is 0 Å². The number of anilines is 1. The van der Waals surface area contributed by atoms with E-state index >= 15 is 0 Å². The predicted octanol–water partition coefficient (Wildman–Crippen LogP) is 3.46. The molecule has 0 aromatic heterocycles. The summed E-state index contributed by atoms with van der Waals surface area (Å²) in [6.07, 6.45) is 8.36. The number of fused-ring (bicyclic) bond motifs is 2. The predicted molar refractivity (Wildman–Crippen MR) is 65.2 cm³/mol. The van der Waals surface area contributed by atoms with Crippen LogP contribution in [0.15, 0.2) is 60.0 Å². The van der Waals surface area contributed by atoms with Crippen LogP contribution < -0.4 is 10.1 Å². The summed E-state index contributed by atoms with van der Waals surface area (Å²) in [6, 6.07) is 7.97. The van der Waals surface area contributed by atoms with Crippen molar-refractivity contribution in [2.75, 3.05) is 5.32 Å². The molecule has 1 aromatic carbocycles. The van der Waals surface area contributed by atoms with E-state index in [2.05, 4.69) is 24.4 Å². The zero-order valence-electron chi connectivity index (χ0n) is 9.10. The number of benzene rings is 1. The Morgan fingerprint density at radius 1 is 1.25 bits per heavy atom. The highest BCUT2D eigenvalue weighted by molar-refractivity contribution is 5.66. The molecule has 2 heteroatoms. The first-order valence-electron chi connectivity index (χ1n) is 5.47. The normalized spacial score (nSPS) is 21.7. The molecule has 1 atom stereocenters. The maximum absolute atomic E-state index is 5.84. The lowest BCUT2D eigenvalue weighted by molar-refractivity contribution is 0.430. The van der Waals surface area contributed by atoms with Gasteiger partial charge in [-0.1, -0.05) is 37.3 Å². The molecule has 3 rings (SSSR count). The first kappa shape index (κ1) is 9.28. The van der Waals surface area contributed by atoms with Crippen molar-refractivity contribution in [2.45, 2.75) is 6.92 Å². The molecule has 80 valence electrons. The Morgan fingerprint density at radius 3 is 3.06 bits per heavy atom. The number of allylic oxidation sites excluding steroid dienone is 4. The zero-order valence-corrected chi connectivity index (χ0v) is 9.10. The van der Waals surface area contributed by atoms with Gasteiger partial charge in [0, 0.05) is 0 Å². The zero-order chi connectivity index (χ0) is 11.0. The average molecular weight is 211 g/mol. The molecule has 1 heterocycles. The van der Waals surface area contributed by atoms with Crippen LogP contribution in [0.25, 0.3) is 0 Å². The molecule has 1 N–H and O–H groups in total. The molecule has 1 aliphatic heterocycles. The summed E-state index contributed by atoms with van der Waals surface area (Å²) in [6.45, 7) is 2.16. The number of rotatable bonds is 0. The van der Waals surface area contributed by atoms with Gasteiger partial charge in [-0.25, -0.2) is 0 Å². The second kappa shape index (κ2) is 3.56. The standard InChI is InChI=1S/C14H13NO/c1-10-5-4-8-14-12(9-10)15-11-6-2-3-7-13(11)16-14/h2-10,15H,1H3. The van der Waals surface area contributed by atoms with Gasteiger partial charge in [-0.2, -0.15) is 0 Å². The summed E-state index contributed by atoms with van der Waals surface area (Å²) in [7, 11) is 0. The van der Waals surface area contributed by atoms with Crippen LogP contribution >= 0.6 is 0 Å². The number of nitrogens with one attached hydrogen (secondary N) is 1. The average Bonchev–Trinajstić information content (AvgIpc) is 2.46. The summed E-state index contributed by atoms with van der Waals surface area (Å²) in [5.74, 6) is 2.19. The second-order valence-corrected chi connectivity index (χ2v) is 4.08. The van der Waals surface area contributed by atoms with E-state index in [0.717, 1.165) is 22.9 Å². The first-order valence-corrected chi connectivity index (χ1v) is 5.47. The van der Waals surface area contributed by atoms with Crippen molar-refractivity contribution in [1.82, 2.24) is 0 Å². The van der Waals surface area contributed by atoms with Crippen LogP contribution in [0.3, 0.4) is 0 Å². The Labute approximate surface area is 94.9 Å². The molecular formula is C14H13NO. The molecule has 0 bridgehead atoms. The third-order valence-corrected chi connectivity index (χ3v) is 2.73. The number of hydrogen-bond donors (Lipinski definition) is 1. The van der Waals surface area contributed by atoms with Crippen molar-refractivity contribution in [3.63, 3.8) is 0 Å². The number of hydrogen-bond acceptors (Lipinski definition) is 2. The van der Waals surface area contributed by atoms with Crippen LogP contribution in [0.1, 0.15) is 6.92 Å². The fourth-order valence-corrected chi connectivity index (χ4v) is 1.92. The van der Waals surface area contributed by atoms with Crippen LogP contribution in [-0.4, -0.2) is 0 Å². The molecule has 0 fully saturated rings. The Morgan fingerprint density at radius 2 is 2.12 bits per heavy atom. The topological polar surface area (TPSA) is 21.3 Å². The van der Waals surface area contributed by atoms with Crippen molar-refractivity contribution in [3.05, 3.63) is 60.0 Å². The van der Waals surface area contributed by atoms with Gasteiger partial charge in [0.15, 0.2) is 11.5 Å². The summed E-state index contributed by atoms with van der Waals surface area (Å²) >= 11 is 0. The maximum Gasteiger partial charge on any atom is 0.150 e. The molecule has 1 aliphatic carbocycles. The van der Waals surface area contributed by atoms with Gasteiger partial charge in [-0.05, 0) is 24.1 Å². The minimum Gasteiger partial charge on any atom is -0.453 e. The van der Waals surface area contributed by atoms with E-state index in [1.807, 2.05) is 36.4 Å². The molecule has 2 nitrogen and oxygen atoms in total. The van der Waals surface area contributed by atoms with Crippen LogP contribution in [0.2, 0.25) is 0 Å². The van der Waals surface area contributed by atoms with Gasteiger partial charge < -0.3 is 10.1 Å². The molecule has 2 aliphatic rings. The molecule has 0 amide bonds. The lowest BCUT2D eigenvalue weighted by Gasteiger charge is -2.23. The van der Waals surface area contributed by atoms with E-state index in [9.17, 15) is 0 Å². The van der Waals surface area contributed by atoms with Gasteiger partial charge in [-0.15, -0.1) is 0 Å². The van der Waals surface area contributed by atoms with E-state index in [-0.39, 0.29) is 0 Å². The highest BCUT2D eigenvalue weighted by atomic mass is 16.5. The Bertz CT molecular complexity index is 511. The minimum atomic E-state index is 0.421. The quantitative estimate of drug-likeness (QED) is 0.709.